The van der Waals surface area contributed by atoms with Gasteiger partial charge in [-0.05, 0) is 28.4 Å². The SMILES string of the molecule is CCCC[C@H](O)[C@H](N)c1cccc(Br)c1O.Cl. The molecule has 5 heteroatoms. The van der Waals surface area contributed by atoms with Gasteiger partial charge < -0.3 is 15.9 Å². The maximum atomic E-state index is 9.87. The Bertz CT molecular complexity index is 349. The van der Waals surface area contributed by atoms with Gasteiger partial charge in [0.15, 0.2) is 0 Å². The molecule has 0 spiro atoms. The van der Waals surface area contributed by atoms with E-state index < -0.39 is 12.1 Å². The number of aromatic hydroxyl groups is 1. The van der Waals surface area contributed by atoms with Crippen molar-refractivity contribution in [2.75, 3.05) is 0 Å². The first-order valence-electron chi connectivity index (χ1n) is 5.49. The summed E-state index contributed by atoms with van der Waals surface area (Å²) in [5.41, 5.74) is 6.50. The van der Waals surface area contributed by atoms with Crippen LogP contribution in [0.2, 0.25) is 0 Å². The number of benzene rings is 1. The molecule has 0 saturated carbocycles. The Kier molecular flexibility index (Phi) is 7.79. The summed E-state index contributed by atoms with van der Waals surface area (Å²) < 4.78 is 0.600. The highest BCUT2D eigenvalue weighted by atomic mass is 79.9. The van der Waals surface area contributed by atoms with Gasteiger partial charge in [-0.15, -0.1) is 12.4 Å². The summed E-state index contributed by atoms with van der Waals surface area (Å²) in [6, 6.07) is 4.74. The average Bonchev–Trinajstić information content (AvgIpc) is 2.28. The lowest BCUT2D eigenvalue weighted by atomic mass is 9.98. The van der Waals surface area contributed by atoms with Gasteiger partial charge in [-0.3, -0.25) is 0 Å². The van der Waals surface area contributed by atoms with E-state index in [1.807, 2.05) is 0 Å². The first-order chi connectivity index (χ1) is 7.57. The summed E-state index contributed by atoms with van der Waals surface area (Å²) >= 11 is 3.23. The molecule has 0 fully saturated rings. The van der Waals surface area contributed by atoms with Crippen molar-refractivity contribution in [2.24, 2.45) is 5.73 Å². The number of aliphatic hydroxyl groups excluding tert-OH is 1. The zero-order chi connectivity index (χ0) is 12.1. The van der Waals surface area contributed by atoms with E-state index in [4.69, 9.17) is 5.73 Å². The van der Waals surface area contributed by atoms with Crippen LogP contribution in [0.25, 0.3) is 0 Å². The topological polar surface area (TPSA) is 66.5 Å². The molecule has 4 N–H and O–H groups in total. The minimum atomic E-state index is -0.611. The molecule has 3 nitrogen and oxygen atoms in total. The van der Waals surface area contributed by atoms with E-state index in [9.17, 15) is 10.2 Å². The molecule has 1 aromatic carbocycles. The molecule has 0 unspecified atom stereocenters. The zero-order valence-electron chi connectivity index (χ0n) is 9.77. The maximum absolute atomic E-state index is 9.87. The number of nitrogens with two attached hydrogens (primary N) is 1. The first-order valence-corrected chi connectivity index (χ1v) is 6.28. The summed E-state index contributed by atoms with van der Waals surface area (Å²) in [5.74, 6) is 0.116. The molecule has 0 heterocycles. The van der Waals surface area contributed by atoms with Crippen LogP contribution in [-0.4, -0.2) is 16.3 Å². The van der Waals surface area contributed by atoms with Gasteiger partial charge in [0.1, 0.15) is 5.75 Å². The van der Waals surface area contributed by atoms with Crippen LogP contribution in [0.1, 0.15) is 37.8 Å². The molecule has 98 valence electrons. The van der Waals surface area contributed by atoms with Gasteiger partial charge in [-0.1, -0.05) is 31.9 Å². The van der Waals surface area contributed by atoms with Gasteiger partial charge in [0.05, 0.1) is 16.6 Å². The number of hydrogen-bond acceptors (Lipinski definition) is 3. The van der Waals surface area contributed by atoms with E-state index in [1.165, 1.54) is 0 Å². The van der Waals surface area contributed by atoms with Crippen molar-refractivity contribution in [3.63, 3.8) is 0 Å². The second kappa shape index (κ2) is 7.93. The highest BCUT2D eigenvalue weighted by Crippen LogP contribution is 2.32. The highest BCUT2D eigenvalue weighted by molar-refractivity contribution is 9.10. The van der Waals surface area contributed by atoms with Gasteiger partial charge in [0.2, 0.25) is 0 Å². The van der Waals surface area contributed by atoms with Gasteiger partial charge in [-0.2, -0.15) is 0 Å². The number of halogens is 2. The number of phenolic OH excluding ortho intramolecular Hbond substituents is 1. The minimum absolute atomic E-state index is 0. The number of phenols is 1. The van der Waals surface area contributed by atoms with Crippen molar-refractivity contribution < 1.29 is 10.2 Å². The van der Waals surface area contributed by atoms with Crippen LogP contribution in [0.5, 0.6) is 5.75 Å². The maximum Gasteiger partial charge on any atom is 0.134 e. The number of para-hydroxylation sites is 1. The van der Waals surface area contributed by atoms with Crippen LogP contribution in [0.3, 0.4) is 0 Å². The van der Waals surface area contributed by atoms with E-state index in [0.717, 1.165) is 12.8 Å². The van der Waals surface area contributed by atoms with Gasteiger partial charge in [0.25, 0.3) is 0 Å². The van der Waals surface area contributed by atoms with Crippen LogP contribution in [0, 0.1) is 0 Å². The summed E-state index contributed by atoms with van der Waals surface area (Å²) in [7, 11) is 0. The second-order valence-corrected chi connectivity index (χ2v) is 4.77. The molecule has 0 aliphatic rings. The summed E-state index contributed by atoms with van der Waals surface area (Å²) in [4.78, 5) is 0. The van der Waals surface area contributed by atoms with E-state index in [1.54, 1.807) is 18.2 Å². The Labute approximate surface area is 117 Å². The molecule has 0 aromatic heterocycles. The Balaban J connectivity index is 0.00000256. The van der Waals surface area contributed by atoms with Crippen molar-refractivity contribution >= 4 is 28.3 Å². The summed E-state index contributed by atoms with van der Waals surface area (Å²) in [6.45, 7) is 2.06. The molecule has 1 rings (SSSR count). The quantitative estimate of drug-likeness (QED) is 0.779. The fourth-order valence-corrected chi connectivity index (χ4v) is 1.98. The third-order valence-electron chi connectivity index (χ3n) is 2.65. The predicted octanol–water partition coefficient (Wildman–Crippen LogP) is 3.13. The van der Waals surface area contributed by atoms with Crippen molar-refractivity contribution in [3.05, 3.63) is 28.2 Å². The van der Waals surface area contributed by atoms with Crippen LogP contribution < -0.4 is 5.73 Å². The standard InChI is InChI=1S/C12H18BrNO2.ClH/c1-2-3-7-10(15)11(14)8-5-4-6-9(13)12(8)16;/h4-6,10-11,15-16H,2-3,7,14H2,1H3;1H/t10-,11+;/m0./s1. The molecule has 0 bridgehead atoms. The molecule has 0 radical (unpaired) electrons. The molecule has 0 amide bonds. The Morgan fingerprint density at radius 3 is 2.65 bits per heavy atom. The smallest absolute Gasteiger partial charge is 0.134 e. The van der Waals surface area contributed by atoms with Crippen molar-refractivity contribution in [3.8, 4) is 5.75 Å². The van der Waals surface area contributed by atoms with Gasteiger partial charge in [0, 0.05) is 5.56 Å². The highest BCUT2D eigenvalue weighted by Gasteiger charge is 2.20. The van der Waals surface area contributed by atoms with Crippen molar-refractivity contribution in [2.45, 2.75) is 38.3 Å². The molecule has 0 aliphatic heterocycles. The molecule has 2 atom stereocenters. The van der Waals surface area contributed by atoms with Crippen molar-refractivity contribution in [1.29, 1.82) is 0 Å². The second-order valence-electron chi connectivity index (χ2n) is 3.91. The van der Waals surface area contributed by atoms with Crippen LogP contribution >= 0.6 is 28.3 Å². The molecule has 17 heavy (non-hydrogen) atoms. The van der Waals surface area contributed by atoms with Crippen LogP contribution in [0.15, 0.2) is 22.7 Å². The normalized spacial score (nSPS) is 13.9. The monoisotopic (exact) mass is 323 g/mol. The number of hydrogen-bond donors (Lipinski definition) is 3. The first kappa shape index (κ1) is 16.7. The molecular weight excluding hydrogens is 305 g/mol. The van der Waals surface area contributed by atoms with Gasteiger partial charge in [-0.25, -0.2) is 0 Å². The summed E-state index contributed by atoms with van der Waals surface area (Å²) in [5, 5.41) is 19.7. The fourth-order valence-electron chi connectivity index (χ4n) is 1.60. The minimum Gasteiger partial charge on any atom is -0.506 e. The van der Waals surface area contributed by atoms with E-state index in [2.05, 4.69) is 22.9 Å². The lowest BCUT2D eigenvalue weighted by Crippen LogP contribution is -2.26. The van der Waals surface area contributed by atoms with Crippen LogP contribution in [0.4, 0.5) is 0 Å². The molecular formula is C12H19BrClNO2. The zero-order valence-corrected chi connectivity index (χ0v) is 12.2. The number of rotatable bonds is 5. The van der Waals surface area contributed by atoms with Gasteiger partial charge >= 0.3 is 0 Å². The van der Waals surface area contributed by atoms with Crippen molar-refractivity contribution in [1.82, 2.24) is 0 Å². The predicted molar refractivity (Wildman–Crippen MR) is 75.5 cm³/mol. The Morgan fingerprint density at radius 1 is 1.41 bits per heavy atom. The van der Waals surface area contributed by atoms with E-state index in [-0.39, 0.29) is 18.2 Å². The largest absolute Gasteiger partial charge is 0.506 e. The van der Waals surface area contributed by atoms with E-state index >= 15 is 0 Å². The Morgan fingerprint density at radius 2 is 2.06 bits per heavy atom. The third kappa shape index (κ3) is 4.47. The van der Waals surface area contributed by atoms with Crippen LogP contribution in [-0.2, 0) is 0 Å². The Hall–Kier alpha value is -0.290. The number of unbranched alkanes of at least 4 members (excludes halogenated alkanes) is 1. The molecule has 0 saturated heterocycles. The third-order valence-corrected chi connectivity index (χ3v) is 3.28. The molecule has 1 aromatic rings. The average molecular weight is 325 g/mol. The summed E-state index contributed by atoms with van der Waals surface area (Å²) in [6.07, 6.45) is 2.00. The molecule has 0 aliphatic carbocycles. The fraction of sp³-hybridized carbons (Fsp3) is 0.500. The lowest BCUT2D eigenvalue weighted by Gasteiger charge is -2.20. The van der Waals surface area contributed by atoms with E-state index in [0.29, 0.717) is 16.5 Å². The number of aliphatic hydroxyl groups is 1. The lowest BCUT2D eigenvalue weighted by molar-refractivity contribution is 0.131.